The van der Waals surface area contributed by atoms with Gasteiger partial charge in [0.2, 0.25) is 10.0 Å². The molecule has 168 valence electrons. The average molecular weight is 455 g/mol. The van der Waals surface area contributed by atoms with Gasteiger partial charge in [0.05, 0.1) is 12.0 Å². The molecule has 0 spiro atoms. The summed E-state index contributed by atoms with van der Waals surface area (Å²) < 4.78 is 38.6. The maximum atomic E-state index is 12.7. The fourth-order valence-electron chi connectivity index (χ4n) is 3.02. The number of sulfonamides is 1. The van der Waals surface area contributed by atoms with E-state index in [9.17, 15) is 13.2 Å². The van der Waals surface area contributed by atoms with E-state index in [0.29, 0.717) is 17.2 Å². The van der Waals surface area contributed by atoms with Gasteiger partial charge in [-0.2, -0.15) is 0 Å². The van der Waals surface area contributed by atoms with Gasteiger partial charge >= 0.3 is 0 Å². The van der Waals surface area contributed by atoms with Crippen LogP contribution in [0.15, 0.2) is 83.8 Å². The van der Waals surface area contributed by atoms with E-state index in [-0.39, 0.29) is 23.5 Å². The molecule has 1 atom stereocenters. The highest BCUT2D eigenvalue weighted by molar-refractivity contribution is 7.89. The van der Waals surface area contributed by atoms with Gasteiger partial charge in [-0.3, -0.25) is 4.79 Å². The number of hydrogen-bond acceptors (Lipinski definition) is 5. The number of hydrogen-bond donors (Lipinski definition) is 1. The number of nitrogens with zero attached hydrogens (tertiary/aromatic N) is 1. The summed E-state index contributed by atoms with van der Waals surface area (Å²) in [5.41, 5.74) is 1.58. The van der Waals surface area contributed by atoms with Gasteiger partial charge in [-0.25, -0.2) is 13.1 Å². The number of rotatable bonds is 9. The van der Waals surface area contributed by atoms with Crippen molar-refractivity contribution < 1.29 is 22.7 Å². The molecule has 3 rings (SSSR count). The molecule has 1 amide bonds. The number of likely N-dealkylation sites (N-methyl/N-ethyl adjacent to an activating group) is 1. The van der Waals surface area contributed by atoms with Crippen LogP contribution < -0.4 is 19.1 Å². The summed E-state index contributed by atoms with van der Waals surface area (Å²) in [6, 6.07) is 22.0. The molecule has 32 heavy (non-hydrogen) atoms. The third-order valence-corrected chi connectivity index (χ3v) is 6.52. The zero-order chi connectivity index (χ0) is 23.1. The lowest BCUT2D eigenvalue weighted by Gasteiger charge is -2.18. The number of amides is 1. The topological polar surface area (TPSA) is 84.9 Å². The molecular formula is C24H26N2O5S. The van der Waals surface area contributed by atoms with Crippen molar-refractivity contribution in [2.24, 2.45) is 0 Å². The maximum Gasteiger partial charge on any atom is 0.264 e. The number of carbonyl (C=O) groups excluding carboxylic acids is 1. The van der Waals surface area contributed by atoms with Gasteiger partial charge in [0.1, 0.15) is 11.5 Å². The van der Waals surface area contributed by atoms with Crippen LogP contribution in [0, 0.1) is 0 Å². The number of methoxy groups -OCH3 is 1. The Bertz CT molecular complexity index is 1130. The fraction of sp³-hybridized carbons (Fsp3) is 0.208. The van der Waals surface area contributed by atoms with E-state index in [0.717, 1.165) is 5.56 Å². The van der Waals surface area contributed by atoms with Crippen molar-refractivity contribution in [2.45, 2.75) is 17.9 Å². The van der Waals surface area contributed by atoms with Crippen molar-refractivity contribution in [3.8, 4) is 11.5 Å². The second-order valence-electron chi connectivity index (χ2n) is 7.16. The zero-order valence-corrected chi connectivity index (χ0v) is 19.0. The van der Waals surface area contributed by atoms with Crippen LogP contribution in [0.5, 0.6) is 11.5 Å². The monoisotopic (exact) mass is 454 g/mol. The summed E-state index contributed by atoms with van der Waals surface area (Å²) in [4.78, 5) is 14.0. The van der Waals surface area contributed by atoms with Crippen LogP contribution in [0.4, 0.5) is 5.69 Å². The first-order chi connectivity index (χ1) is 15.3. The Morgan fingerprint density at radius 3 is 2.12 bits per heavy atom. The van der Waals surface area contributed by atoms with E-state index in [1.54, 1.807) is 45.3 Å². The third-order valence-electron chi connectivity index (χ3n) is 4.96. The first-order valence-electron chi connectivity index (χ1n) is 10.0. The van der Waals surface area contributed by atoms with E-state index in [1.807, 2.05) is 30.3 Å². The van der Waals surface area contributed by atoms with Gasteiger partial charge in [-0.15, -0.1) is 0 Å². The van der Waals surface area contributed by atoms with Crippen LogP contribution in [0.3, 0.4) is 0 Å². The average Bonchev–Trinajstić information content (AvgIpc) is 2.82. The lowest BCUT2D eigenvalue weighted by molar-refractivity contribution is -0.120. The zero-order valence-electron chi connectivity index (χ0n) is 18.2. The molecule has 1 N–H and O–H groups in total. The van der Waals surface area contributed by atoms with Crippen molar-refractivity contribution >= 4 is 21.6 Å². The van der Waals surface area contributed by atoms with Crippen LogP contribution in [-0.2, 0) is 14.8 Å². The van der Waals surface area contributed by atoms with Crippen molar-refractivity contribution in [3.05, 3.63) is 84.4 Å². The standard InChI is InChI=1S/C24H26N2O5S/c1-18(19-7-5-4-6-8-19)25-32(28,29)23-15-13-22(14-16-23)31-17-24(27)26(2)20-9-11-21(30-3)12-10-20/h4-16,18,25H,17H2,1-3H3/t18-/m1/s1. The first-order valence-corrected chi connectivity index (χ1v) is 11.5. The van der Waals surface area contributed by atoms with Crippen molar-refractivity contribution in [3.63, 3.8) is 0 Å². The molecule has 0 aliphatic heterocycles. The molecule has 0 aliphatic carbocycles. The summed E-state index contributed by atoms with van der Waals surface area (Å²) in [5, 5.41) is 0. The molecule has 0 saturated carbocycles. The Morgan fingerprint density at radius 1 is 0.938 bits per heavy atom. The van der Waals surface area contributed by atoms with E-state index >= 15 is 0 Å². The number of ether oxygens (including phenoxy) is 2. The van der Waals surface area contributed by atoms with Gasteiger partial charge in [0, 0.05) is 18.8 Å². The molecule has 0 radical (unpaired) electrons. The predicted molar refractivity (Wildman–Crippen MR) is 124 cm³/mol. The fourth-order valence-corrected chi connectivity index (χ4v) is 4.25. The van der Waals surface area contributed by atoms with Gasteiger partial charge in [0.25, 0.3) is 5.91 Å². The van der Waals surface area contributed by atoms with Crippen molar-refractivity contribution in [1.82, 2.24) is 4.72 Å². The molecule has 0 fully saturated rings. The Labute approximate surface area is 188 Å². The maximum absolute atomic E-state index is 12.7. The van der Waals surface area contributed by atoms with Crippen LogP contribution in [0.25, 0.3) is 0 Å². The summed E-state index contributed by atoms with van der Waals surface area (Å²) in [6.07, 6.45) is 0. The van der Waals surface area contributed by atoms with Gasteiger partial charge in [0.15, 0.2) is 6.61 Å². The van der Waals surface area contributed by atoms with Crippen LogP contribution >= 0.6 is 0 Å². The second kappa shape index (κ2) is 10.3. The normalized spacial score (nSPS) is 12.1. The number of carbonyl (C=O) groups is 1. The summed E-state index contributed by atoms with van der Waals surface area (Å²) >= 11 is 0. The minimum absolute atomic E-state index is 0.120. The van der Waals surface area contributed by atoms with E-state index in [2.05, 4.69) is 4.72 Å². The molecule has 0 aliphatic rings. The molecule has 3 aromatic rings. The van der Waals surface area contributed by atoms with Crippen LogP contribution in [0.2, 0.25) is 0 Å². The first kappa shape index (κ1) is 23.3. The molecular weight excluding hydrogens is 428 g/mol. The Kier molecular flexibility index (Phi) is 7.50. The second-order valence-corrected chi connectivity index (χ2v) is 8.88. The van der Waals surface area contributed by atoms with Gasteiger partial charge < -0.3 is 14.4 Å². The van der Waals surface area contributed by atoms with Crippen LogP contribution in [-0.4, -0.2) is 35.1 Å². The molecule has 3 aromatic carbocycles. The Morgan fingerprint density at radius 2 is 1.53 bits per heavy atom. The SMILES string of the molecule is COc1ccc(N(C)C(=O)COc2ccc(S(=O)(=O)N[C@H](C)c3ccccc3)cc2)cc1. The minimum Gasteiger partial charge on any atom is -0.497 e. The highest BCUT2D eigenvalue weighted by atomic mass is 32.2. The van der Waals surface area contributed by atoms with Crippen molar-refractivity contribution in [1.29, 1.82) is 0 Å². The molecule has 0 aromatic heterocycles. The quantitative estimate of drug-likeness (QED) is 0.532. The van der Waals surface area contributed by atoms with E-state index in [1.165, 1.54) is 29.2 Å². The largest absolute Gasteiger partial charge is 0.497 e. The summed E-state index contributed by atoms with van der Waals surface area (Å²) in [6.45, 7) is 1.60. The summed E-state index contributed by atoms with van der Waals surface area (Å²) in [7, 11) is -0.469. The van der Waals surface area contributed by atoms with E-state index in [4.69, 9.17) is 9.47 Å². The van der Waals surface area contributed by atoms with E-state index < -0.39 is 10.0 Å². The number of anilines is 1. The number of benzene rings is 3. The minimum atomic E-state index is -3.70. The third kappa shape index (κ3) is 5.87. The highest BCUT2D eigenvalue weighted by Crippen LogP contribution is 2.21. The lowest BCUT2D eigenvalue weighted by Crippen LogP contribution is -2.31. The molecule has 8 heteroatoms. The van der Waals surface area contributed by atoms with Crippen molar-refractivity contribution in [2.75, 3.05) is 25.7 Å². The molecule has 7 nitrogen and oxygen atoms in total. The molecule has 0 heterocycles. The Hall–Kier alpha value is -3.36. The molecule has 0 saturated heterocycles. The van der Waals surface area contributed by atoms with Gasteiger partial charge in [-0.1, -0.05) is 30.3 Å². The molecule has 0 unspecified atom stereocenters. The summed E-state index contributed by atoms with van der Waals surface area (Å²) in [5.74, 6) is 0.857. The lowest BCUT2D eigenvalue weighted by atomic mass is 10.1. The van der Waals surface area contributed by atoms with Crippen LogP contribution in [0.1, 0.15) is 18.5 Å². The highest BCUT2D eigenvalue weighted by Gasteiger charge is 2.18. The Balaban J connectivity index is 1.58. The molecule has 0 bridgehead atoms. The smallest absolute Gasteiger partial charge is 0.264 e. The van der Waals surface area contributed by atoms with Gasteiger partial charge in [-0.05, 0) is 61.0 Å². The predicted octanol–water partition coefficient (Wildman–Crippen LogP) is 3.78. The number of nitrogens with one attached hydrogen (secondary N) is 1.